The summed E-state index contributed by atoms with van der Waals surface area (Å²) in [4.78, 5) is 0. The van der Waals surface area contributed by atoms with Gasteiger partial charge in [0.05, 0.1) is 21.2 Å². The second-order valence-corrected chi connectivity index (χ2v) is 17.2. The minimum absolute atomic E-state index is 0.0309. The molecule has 0 saturated heterocycles. The first-order valence-electron chi connectivity index (χ1n) is 23.6. The molecule has 0 aliphatic heterocycles. The Morgan fingerprint density at radius 3 is 0.985 bits per heavy atom. The largest absolute Gasteiger partial charge is 0.206 e. The molecule has 0 saturated carbocycles. The third kappa shape index (κ3) is 19.6. The van der Waals surface area contributed by atoms with Crippen LogP contribution in [-0.2, 0) is 25.7 Å². The van der Waals surface area contributed by atoms with Crippen molar-refractivity contribution in [2.75, 3.05) is 0 Å². The first-order valence-corrected chi connectivity index (χ1v) is 24.4. The van der Waals surface area contributed by atoms with Gasteiger partial charge in [0.15, 0.2) is 0 Å². The maximum atomic E-state index is 14.5. The summed E-state index contributed by atoms with van der Waals surface area (Å²) in [6.07, 6.45) is 21.6. The number of halogens is 5. The number of aryl methyl sites for hydroxylation is 4. The van der Waals surface area contributed by atoms with E-state index in [1.54, 1.807) is 0 Å². The van der Waals surface area contributed by atoms with Crippen LogP contribution in [0.1, 0.15) is 153 Å². The third-order valence-electron chi connectivity index (χ3n) is 10.8. The van der Waals surface area contributed by atoms with E-state index in [4.69, 9.17) is 6.42 Å². The quantitative estimate of drug-likeness (QED) is 0.0442. The Labute approximate surface area is 407 Å². The van der Waals surface area contributed by atoms with E-state index < -0.39 is 23.3 Å². The van der Waals surface area contributed by atoms with Crippen molar-refractivity contribution in [1.82, 2.24) is 0 Å². The standard InChI is InChI=1S/C30H28F2.C20H19BrF2.C12H14/c1-3-5-7-23-9-13-25(14-10-23)17-19-27-21-30(32)28(22-29(27)31)20-18-26-15-11-24(12-16-26)8-6-4-2;1-2-3-4-5-6-15-7-9-16(10-8-15)11-12-17-13-20(23)18(21)14-19(17)22;1-3-5-6-12-9-7-11(4-2)8-10-12/h9-16,21-22H,3-8H2,1-2H3;7-10,13-14H,2-6H2,1H3;2,7-10H,3,5-6H2,1H3. The first kappa shape index (κ1) is 53.4. The van der Waals surface area contributed by atoms with Crippen molar-refractivity contribution in [2.24, 2.45) is 0 Å². The zero-order chi connectivity index (χ0) is 48.2. The van der Waals surface area contributed by atoms with E-state index in [0.717, 1.165) is 91.5 Å². The van der Waals surface area contributed by atoms with Gasteiger partial charge >= 0.3 is 0 Å². The molecule has 0 N–H and O–H groups in total. The van der Waals surface area contributed by atoms with Crippen LogP contribution < -0.4 is 0 Å². The van der Waals surface area contributed by atoms with Crippen LogP contribution in [-0.4, -0.2) is 0 Å². The maximum Gasteiger partial charge on any atom is 0.140 e. The van der Waals surface area contributed by atoms with E-state index >= 15 is 0 Å². The van der Waals surface area contributed by atoms with E-state index in [9.17, 15) is 17.6 Å². The van der Waals surface area contributed by atoms with Gasteiger partial charge in [0.1, 0.15) is 23.3 Å². The predicted octanol–water partition coefficient (Wildman–Crippen LogP) is 16.7. The molecule has 0 atom stereocenters. The van der Waals surface area contributed by atoms with E-state index in [1.807, 2.05) is 72.8 Å². The lowest BCUT2D eigenvalue weighted by Gasteiger charge is -2.01. The molecule has 0 radical (unpaired) electrons. The van der Waals surface area contributed by atoms with Gasteiger partial charge in [-0.3, -0.25) is 0 Å². The Balaban J connectivity index is 0.000000243. The van der Waals surface area contributed by atoms with Gasteiger partial charge in [-0.05, 0) is 162 Å². The van der Waals surface area contributed by atoms with Gasteiger partial charge in [0.2, 0.25) is 0 Å². The summed E-state index contributed by atoms with van der Waals surface area (Å²) in [5.74, 6) is 17.3. The molecule has 0 spiro atoms. The highest BCUT2D eigenvalue weighted by Gasteiger charge is 2.08. The summed E-state index contributed by atoms with van der Waals surface area (Å²) in [6.45, 7) is 8.73. The first-order chi connectivity index (χ1) is 32.5. The summed E-state index contributed by atoms with van der Waals surface area (Å²) in [5, 5.41) is 0. The average Bonchev–Trinajstić information content (AvgIpc) is 3.35. The van der Waals surface area contributed by atoms with Crippen LogP contribution in [0, 0.1) is 71.1 Å². The minimum Gasteiger partial charge on any atom is -0.206 e. The van der Waals surface area contributed by atoms with E-state index in [1.165, 1.54) is 67.2 Å². The summed E-state index contributed by atoms with van der Waals surface area (Å²) >= 11 is 2.95. The second kappa shape index (κ2) is 30.1. The molecule has 0 aliphatic carbocycles. The smallest absolute Gasteiger partial charge is 0.140 e. The molecule has 5 heteroatoms. The molecule has 0 aromatic heterocycles. The number of hydrogen-bond acceptors (Lipinski definition) is 0. The zero-order valence-corrected chi connectivity index (χ0v) is 41.0. The van der Waals surface area contributed by atoms with Crippen LogP contribution in [0.25, 0.3) is 0 Å². The predicted molar refractivity (Wildman–Crippen MR) is 276 cm³/mol. The molecule has 0 amide bonds. The Bertz CT molecular complexity index is 2580. The Hall–Kier alpha value is -6.24. The van der Waals surface area contributed by atoms with Crippen LogP contribution in [0.4, 0.5) is 17.6 Å². The monoisotopic (exact) mass is 960 g/mol. The fourth-order valence-electron chi connectivity index (χ4n) is 6.71. The molecule has 0 nitrogen and oxygen atoms in total. The van der Waals surface area contributed by atoms with Crippen molar-refractivity contribution >= 4 is 15.9 Å². The topological polar surface area (TPSA) is 0 Å². The van der Waals surface area contributed by atoms with Crippen molar-refractivity contribution < 1.29 is 17.6 Å². The van der Waals surface area contributed by atoms with E-state index in [-0.39, 0.29) is 21.2 Å². The molecule has 6 aromatic carbocycles. The maximum absolute atomic E-state index is 14.5. The number of terminal acetylenes is 1. The lowest BCUT2D eigenvalue weighted by molar-refractivity contribution is 0.592. The molecular formula is C62H61BrF4. The molecule has 0 bridgehead atoms. The minimum atomic E-state index is -0.572. The van der Waals surface area contributed by atoms with Gasteiger partial charge in [0.25, 0.3) is 0 Å². The molecular weight excluding hydrogens is 901 g/mol. The van der Waals surface area contributed by atoms with Crippen molar-refractivity contribution in [1.29, 1.82) is 0 Å². The van der Waals surface area contributed by atoms with Crippen LogP contribution >= 0.6 is 15.9 Å². The number of benzene rings is 6. The highest BCUT2D eigenvalue weighted by atomic mass is 79.9. The fraction of sp³-hybridized carbons (Fsp3) is 0.290. The Kier molecular flexibility index (Phi) is 24.0. The molecule has 0 aliphatic rings. The molecule has 6 rings (SSSR count). The Morgan fingerprint density at radius 2 is 0.657 bits per heavy atom. The van der Waals surface area contributed by atoms with Crippen LogP contribution in [0.5, 0.6) is 0 Å². The van der Waals surface area contributed by atoms with E-state index in [0.29, 0.717) is 0 Å². The lowest BCUT2D eigenvalue weighted by Crippen LogP contribution is -1.92. The fourth-order valence-corrected chi connectivity index (χ4v) is 7.02. The lowest BCUT2D eigenvalue weighted by atomic mass is 10.0. The molecule has 0 unspecified atom stereocenters. The zero-order valence-electron chi connectivity index (χ0n) is 39.4. The summed E-state index contributed by atoms with van der Waals surface area (Å²) in [5.41, 5.74) is 8.62. The van der Waals surface area contributed by atoms with Gasteiger partial charge in [0, 0.05) is 22.3 Å². The van der Waals surface area contributed by atoms with Crippen LogP contribution in [0.3, 0.4) is 0 Å². The Morgan fingerprint density at radius 1 is 0.358 bits per heavy atom. The number of unbranched alkanes of at least 4 members (excludes halogenated alkanes) is 6. The van der Waals surface area contributed by atoms with Gasteiger partial charge < -0.3 is 0 Å². The van der Waals surface area contributed by atoms with Crippen molar-refractivity contribution in [3.05, 3.63) is 210 Å². The van der Waals surface area contributed by atoms with Gasteiger partial charge in [-0.25, -0.2) is 17.6 Å². The summed E-state index contributed by atoms with van der Waals surface area (Å²) < 4.78 is 56.2. The summed E-state index contributed by atoms with van der Waals surface area (Å²) in [6, 6.07) is 36.4. The van der Waals surface area contributed by atoms with Crippen molar-refractivity contribution in [3.63, 3.8) is 0 Å². The highest BCUT2D eigenvalue weighted by molar-refractivity contribution is 9.10. The van der Waals surface area contributed by atoms with Gasteiger partial charge in [-0.1, -0.05) is 156 Å². The van der Waals surface area contributed by atoms with Crippen LogP contribution in [0.15, 0.2) is 126 Å². The SMILES string of the molecule is C#Cc1ccc(CCCC)cc1.CCCCCCc1ccc(C#Cc2cc(F)c(Br)cc2F)cc1.CCCCc1ccc(C#Cc2cc(F)c(C#Cc3ccc(CCCC)cc3)cc2F)cc1. The average molecular weight is 962 g/mol. The second-order valence-electron chi connectivity index (χ2n) is 16.4. The third-order valence-corrected chi connectivity index (χ3v) is 11.5. The van der Waals surface area contributed by atoms with E-state index in [2.05, 4.69) is 109 Å². The van der Waals surface area contributed by atoms with Gasteiger partial charge in [-0.2, -0.15) is 0 Å². The number of rotatable bonds is 14. The highest BCUT2D eigenvalue weighted by Crippen LogP contribution is 2.20. The molecule has 6 aromatic rings. The molecule has 0 fully saturated rings. The molecule has 0 heterocycles. The normalized spacial score (nSPS) is 10.0. The number of hydrogen-bond donors (Lipinski definition) is 0. The van der Waals surface area contributed by atoms with Crippen molar-refractivity contribution in [2.45, 2.75) is 118 Å². The summed E-state index contributed by atoms with van der Waals surface area (Å²) in [7, 11) is 0. The molecule has 344 valence electrons. The van der Waals surface area contributed by atoms with Gasteiger partial charge in [-0.15, -0.1) is 6.42 Å². The van der Waals surface area contributed by atoms with Crippen LogP contribution in [0.2, 0.25) is 0 Å². The van der Waals surface area contributed by atoms with Crippen molar-refractivity contribution in [3.8, 4) is 47.9 Å². The molecule has 67 heavy (non-hydrogen) atoms.